The summed E-state index contributed by atoms with van der Waals surface area (Å²) in [6.07, 6.45) is 1.88. The predicted octanol–water partition coefficient (Wildman–Crippen LogP) is 3.29. The highest BCUT2D eigenvalue weighted by Crippen LogP contribution is 2.24. The van der Waals surface area contributed by atoms with Crippen molar-refractivity contribution in [2.75, 3.05) is 4.72 Å². The molecule has 2 aromatic carbocycles. The molecule has 0 atom stereocenters. The van der Waals surface area contributed by atoms with E-state index < -0.39 is 16.0 Å². The Morgan fingerprint density at radius 2 is 1.76 bits per heavy atom. The van der Waals surface area contributed by atoms with Crippen LogP contribution in [0.1, 0.15) is 13.3 Å². The molecule has 0 radical (unpaired) electrons. The Morgan fingerprint density at radius 1 is 1.07 bits per heavy atom. The second-order valence-electron chi connectivity index (χ2n) is 6.15. The number of fused-ring (bicyclic) bond motifs is 3. The quantitative estimate of drug-likeness (QED) is 0.408. The van der Waals surface area contributed by atoms with Gasteiger partial charge in [0.2, 0.25) is 0 Å². The lowest BCUT2D eigenvalue weighted by Crippen LogP contribution is -2.13. The van der Waals surface area contributed by atoms with Gasteiger partial charge in [0, 0.05) is 34.6 Å². The summed E-state index contributed by atoms with van der Waals surface area (Å²) in [4.78, 5) is 27.1. The van der Waals surface area contributed by atoms with Crippen LogP contribution in [0, 0.1) is 0 Å². The van der Waals surface area contributed by atoms with E-state index in [1.807, 2.05) is 6.07 Å². The van der Waals surface area contributed by atoms with Crippen molar-refractivity contribution in [2.24, 2.45) is 0 Å². The topological polar surface area (TPSA) is 132 Å². The first-order chi connectivity index (χ1) is 13.8. The van der Waals surface area contributed by atoms with Crippen LogP contribution in [-0.2, 0) is 14.8 Å². The van der Waals surface area contributed by atoms with E-state index in [0.29, 0.717) is 27.5 Å². The fourth-order valence-electron chi connectivity index (χ4n) is 2.71. The number of anilines is 1. The Kier molecular flexibility index (Phi) is 5.69. The summed E-state index contributed by atoms with van der Waals surface area (Å²) in [5, 5.41) is 9.08. The van der Waals surface area contributed by atoms with Crippen molar-refractivity contribution in [3.63, 3.8) is 0 Å². The summed E-state index contributed by atoms with van der Waals surface area (Å²) < 4.78 is 27.7. The van der Waals surface area contributed by atoms with E-state index in [2.05, 4.69) is 14.7 Å². The van der Waals surface area contributed by atoms with Gasteiger partial charge in [0.15, 0.2) is 0 Å². The summed E-state index contributed by atoms with van der Waals surface area (Å²) in [7, 11) is -3.72. The van der Waals surface area contributed by atoms with E-state index in [-0.39, 0.29) is 16.9 Å². The standard InChI is InChI=1S/C17H13N3O3S.C3H6O2/c21-17-16-13(8-9-18-16)14-10-12(6-7-15(14)19-17)24(22,23)20-11-4-2-1-3-5-11;1-2-3(4)5/h1-10,18,20H,(H,19,21);2H2,1H3,(H,4,5). The molecule has 150 valence electrons. The van der Waals surface area contributed by atoms with Crippen molar-refractivity contribution >= 4 is 43.5 Å². The molecule has 29 heavy (non-hydrogen) atoms. The highest BCUT2D eigenvalue weighted by Gasteiger charge is 2.16. The van der Waals surface area contributed by atoms with E-state index in [1.165, 1.54) is 6.07 Å². The number of carboxylic acids is 1. The summed E-state index contributed by atoms with van der Waals surface area (Å²) in [6.45, 7) is 1.60. The van der Waals surface area contributed by atoms with Crippen molar-refractivity contribution < 1.29 is 18.3 Å². The lowest BCUT2D eigenvalue weighted by Gasteiger charge is -2.09. The molecule has 0 spiro atoms. The first-order valence-corrected chi connectivity index (χ1v) is 10.2. The smallest absolute Gasteiger partial charge is 0.303 e. The van der Waals surface area contributed by atoms with Gasteiger partial charge in [0.1, 0.15) is 5.52 Å². The van der Waals surface area contributed by atoms with Crippen LogP contribution in [0.2, 0.25) is 0 Å². The summed E-state index contributed by atoms with van der Waals surface area (Å²) in [5.74, 6) is -0.745. The maximum absolute atomic E-state index is 12.6. The number of para-hydroxylation sites is 1. The van der Waals surface area contributed by atoms with Gasteiger partial charge in [-0.15, -0.1) is 0 Å². The lowest BCUT2D eigenvalue weighted by molar-refractivity contribution is -0.136. The molecule has 2 heterocycles. The highest BCUT2D eigenvalue weighted by atomic mass is 32.2. The number of rotatable bonds is 4. The van der Waals surface area contributed by atoms with Crippen LogP contribution in [0.4, 0.5) is 5.69 Å². The highest BCUT2D eigenvalue weighted by molar-refractivity contribution is 7.92. The monoisotopic (exact) mass is 413 g/mol. The van der Waals surface area contributed by atoms with E-state index in [0.717, 1.165) is 0 Å². The van der Waals surface area contributed by atoms with Gasteiger partial charge in [0.05, 0.1) is 4.90 Å². The lowest BCUT2D eigenvalue weighted by atomic mass is 10.1. The van der Waals surface area contributed by atoms with E-state index in [1.54, 1.807) is 55.6 Å². The molecule has 0 aliphatic heterocycles. The molecule has 4 aromatic rings. The Bertz CT molecular complexity index is 1320. The number of carbonyl (C=O) groups is 1. The van der Waals surface area contributed by atoms with Gasteiger partial charge in [-0.3, -0.25) is 14.3 Å². The third kappa shape index (κ3) is 4.46. The third-order valence-electron chi connectivity index (χ3n) is 4.14. The normalized spacial score (nSPS) is 11.1. The van der Waals surface area contributed by atoms with Crippen molar-refractivity contribution in [3.05, 3.63) is 71.1 Å². The Hall–Kier alpha value is -3.59. The second kappa shape index (κ2) is 8.19. The first kappa shape index (κ1) is 20.2. The van der Waals surface area contributed by atoms with E-state index in [4.69, 9.17) is 5.11 Å². The number of aromatic amines is 2. The van der Waals surface area contributed by atoms with Crippen LogP contribution in [0.3, 0.4) is 0 Å². The minimum Gasteiger partial charge on any atom is -0.481 e. The van der Waals surface area contributed by atoms with Crippen molar-refractivity contribution in [1.29, 1.82) is 0 Å². The number of pyridine rings is 1. The van der Waals surface area contributed by atoms with Crippen LogP contribution in [-0.4, -0.2) is 29.5 Å². The maximum Gasteiger partial charge on any atom is 0.303 e. The molecule has 4 N–H and O–H groups in total. The number of aliphatic carboxylic acids is 1. The molecule has 0 bridgehead atoms. The van der Waals surface area contributed by atoms with Crippen molar-refractivity contribution in [1.82, 2.24) is 9.97 Å². The van der Waals surface area contributed by atoms with Crippen LogP contribution >= 0.6 is 0 Å². The van der Waals surface area contributed by atoms with Crippen LogP contribution in [0.15, 0.2) is 70.5 Å². The van der Waals surface area contributed by atoms with Crippen molar-refractivity contribution in [2.45, 2.75) is 18.2 Å². The second-order valence-corrected chi connectivity index (χ2v) is 7.83. The molecular weight excluding hydrogens is 394 g/mol. The molecular formula is C20H19N3O5S. The number of carboxylic acid groups (broad SMARTS) is 1. The molecule has 0 fully saturated rings. The van der Waals surface area contributed by atoms with E-state index in [9.17, 15) is 18.0 Å². The molecule has 0 aliphatic carbocycles. The third-order valence-corrected chi connectivity index (χ3v) is 5.52. The largest absolute Gasteiger partial charge is 0.481 e. The number of H-pyrrole nitrogens is 2. The molecule has 9 heteroatoms. The molecule has 0 saturated carbocycles. The first-order valence-electron chi connectivity index (χ1n) is 8.74. The SMILES string of the molecule is CCC(=O)O.O=c1[nH]c2ccc(S(=O)(=O)Nc3ccccc3)cc2c2cc[nH]c12. The molecule has 4 rings (SSSR count). The number of hydrogen-bond donors (Lipinski definition) is 4. The number of hydrogen-bond acceptors (Lipinski definition) is 4. The van der Waals surface area contributed by atoms with Gasteiger partial charge in [-0.1, -0.05) is 25.1 Å². The Morgan fingerprint density at radius 3 is 2.41 bits per heavy atom. The zero-order chi connectivity index (χ0) is 21.0. The molecule has 2 aromatic heterocycles. The van der Waals surface area contributed by atoms with E-state index >= 15 is 0 Å². The molecule has 0 amide bonds. The minimum absolute atomic E-state index is 0.133. The zero-order valence-electron chi connectivity index (χ0n) is 15.5. The van der Waals surface area contributed by atoms with Gasteiger partial charge in [-0.25, -0.2) is 8.42 Å². The molecule has 0 unspecified atom stereocenters. The number of benzene rings is 2. The summed E-state index contributed by atoms with van der Waals surface area (Å²) >= 11 is 0. The maximum atomic E-state index is 12.6. The van der Waals surface area contributed by atoms with Gasteiger partial charge in [0.25, 0.3) is 15.6 Å². The zero-order valence-corrected chi connectivity index (χ0v) is 16.3. The van der Waals surface area contributed by atoms with Gasteiger partial charge < -0.3 is 15.1 Å². The number of nitrogens with one attached hydrogen (secondary N) is 3. The molecule has 8 nitrogen and oxygen atoms in total. The van der Waals surface area contributed by atoms with Crippen LogP contribution in [0.25, 0.3) is 21.8 Å². The van der Waals surface area contributed by atoms with Gasteiger partial charge in [-0.2, -0.15) is 0 Å². The number of sulfonamides is 1. The minimum atomic E-state index is -3.72. The average Bonchev–Trinajstić information content (AvgIpc) is 3.19. The summed E-state index contributed by atoms with van der Waals surface area (Å²) in [5.41, 5.74) is 1.27. The predicted molar refractivity (Wildman–Crippen MR) is 112 cm³/mol. The number of aromatic nitrogens is 2. The fraction of sp³-hybridized carbons (Fsp3) is 0.100. The van der Waals surface area contributed by atoms with Crippen LogP contribution in [0.5, 0.6) is 0 Å². The Balaban J connectivity index is 0.000000431. The van der Waals surface area contributed by atoms with Gasteiger partial charge >= 0.3 is 5.97 Å². The molecule has 0 aliphatic rings. The Labute approximate surface area is 166 Å². The molecule has 0 saturated heterocycles. The summed E-state index contributed by atoms with van der Waals surface area (Å²) in [6, 6.07) is 15.1. The van der Waals surface area contributed by atoms with Crippen molar-refractivity contribution in [3.8, 4) is 0 Å². The average molecular weight is 413 g/mol. The van der Waals surface area contributed by atoms with Gasteiger partial charge in [-0.05, 0) is 36.4 Å². The van der Waals surface area contributed by atoms with Crippen LogP contribution < -0.4 is 10.3 Å². The fourth-order valence-corrected chi connectivity index (χ4v) is 3.79.